The van der Waals surface area contributed by atoms with Gasteiger partial charge in [-0.15, -0.1) is 11.3 Å². The molecular formula is C16H20N2O3S2. The fraction of sp³-hybridized carbons (Fsp3) is 0.562. The Balaban J connectivity index is 1.85. The van der Waals surface area contributed by atoms with E-state index in [9.17, 15) is 9.59 Å². The molecule has 1 aliphatic rings. The standard InChI is InChI=1S/C16H20N2O3S2/c1-3-8-21-15(20)9(2)22-16-17-13(19)12-10-6-4-5-7-11(10)23-14(12)18-16/h9H,3-8H2,1-2H3,(H,17,18,19)/t9-/m0/s1. The van der Waals surface area contributed by atoms with Crippen molar-refractivity contribution in [1.29, 1.82) is 0 Å². The van der Waals surface area contributed by atoms with Gasteiger partial charge in [0.1, 0.15) is 10.1 Å². The number of hydrogen-bond donors (Lipinski definition) is 1. The number of rotatable bonds is 5. The molecule has 2 aromatic heterocycles. The van der Waals surface area contributed by atoms with Gasteiger partial charge in [0.15, 0.2) is 5.16 Å². The van der Waals surface area contributed by atoms with E-state index in [1.165, 1.54) is 28.6 Å². The zero-order valence-corrected chi connectivity index (χ0v) is 14.9. The van der Waals surface area contributed by atoms with Crippen LogP contribution in [0.2, 0.25) is 0 Å². The third kappa shape index (κ3) is 3.45. The van der Waals surface area contributed by atoms with Crippen LogP contribution in [0, 0.1) is 0 Å². The molecule has 5 nitrogen and oxygen atoms in total. The number of ether oxygens (including phenoxy) is 1. The monoisotopic (exact) mass is 352 g/mol. The number of carbonyl (C=O) groups is 1. The molecule has 1 atom stereocenters. The van der Waals surface area contributed by atoms with Crippen molar-refractivity contribution in [3.05, 3.63) is 20.8 Å². The van der Waals surface area contributed by atoms with Crippen LogP contribution in [0.4, 0.5) is 0 Å². The number of aryl methyl sites for hydroxylation is 2. The molecule has 1 N–H and O–H groups in total. The molecule has 0 saturated heterocycles. The first-order chi connectivity index (χ1) is 11.1. The van der Waals surface area contributed by atoms with E-state index in [-0.39, 0.29) is 11.5 Å². The first kappa shape index (κ1) is 16.5. The quantitative estimate of drug-likeness (QED) is 0.508. The summed E-state index contributed by atoms with van der Waals surface area (Å²) in [6, 6.07) is 0. The number of carbonyl (C=O) groups excluding carboxylic acids is 1. The lowest BCUT2D eigenvalue weighted by molar-refractivity contribution is -0.142. The van der Waals surface area contributed by atoms with E-state index in [1.54, 1.807) is 18.3 Å². The van der Waals surface area contributed by atoms with Crippen LogP contribution in [0.15, 0.2) is 9.95 Å². The highest BCUT2D eigenvalue weighted by molar-refractivity contribution is 8.00. The van der Waals surface area contributed by atoms with Crippen LogP contribution in [-0.2, 0) is 22.4 Å². The summed E-state index contributed by atoms with van der Waals surface area (Å²) in [5.74, 6) is -0.273. The summed E-state index contributed by atoms with van der Waals surface area (Å²) in [5, 5.41) is 0.842. The van der Waals surface area contributed by atoms with E-state index in [2.05, 4.69) is 9.97 Å². The largest absolute Gasteiger partial charge is 0.465 e. The number of thiophene rings is 1. The molecule has 1 aliphatic carbocycles. The molecular weight excluding hydrogens is 332 g/mol. The Labute approximate surface area is 142 Å². The van der Waals surface area contributed by atoms with Crippen molar-refractivity contribution in [1.82, 2.24) is 9.97 Å². The second kappa shape index (κ2) is 7.05. The minimum atomic E-state index is -0.392. The van der Waals surface area contributed by atoms with Crippen molar-refractivity contribution >= 4 is 39.3 Å². The Morgan fingerprint density at radius 3 is 3.00 bits per heavy atom. The third-order valence-electron chi connectivity index (χ3n) is 3.87. The molecule has 23 heavy (non-hydrogen) atoms. The van der Waals surface area contributed by atoms with Crippen molar-refractivity contribution in [2.24, 2.45) is 0 Å². The number of thioether (sulfide) groups is 1. The number of fused-ring (bicyclic) bond motifs is 3. The maximum absolute atomic E-state index is 12.4. The maximum atomic E-state index is 12.4. The van der Waals surface area contributed by atoms with Crippen molar-refractivity contribution in [2.75, 3.05) is 6.61 Å². The van der Waals surface area contributed by atoms with Gasteiger partial charge in [-0.25, -0.2) is 4.98 Å². The van der Waals surface area contributed by atoms with Crippen LogP contribution >= 0.6 is 23.1 Å². The molecule has 0 radical (unpaired) electrons. The fourth-order valence-electron chi connectivity index (χ4n) is 2.74. The summed E-state index contributed by atoms with van der Waals surface area (Å²) in [7, 11) is 0. The van der Waals surface area contributed by atoms with Crippen LogP contribution in [-0.4, -0.2) is 27.8 Å². The molecule has 0 spiro atoms. The Morgan fingerprint density at radius 2 is 2.22 bits per heavy atom. The van der Waals surface area contributed by atoms with E-state index >= 15 is 0 Å². The average molecular weight is 352 g/mol. The Kier molecular flexibility index (Phi) is 5.06. The second-order valence-corrected chi connectivity index (χ2v) is 8.10. The van der Waals surface area contributed by atoms with Gasteiger partial charge in [-0.3, -0.25) is 9.59 Å². The summed E-state index contributed by atoms with van der Waals surface area (Å²) >= 11 is 2.86. The predicted octanol–water partition coefficient (Wildman–Crippen LogP) is 3.30. The molecule has 0 saturated carbocycles. The van der Waals surface area contributed by atoms with Gasteiger partial charge in [0.2, 0.25) is 0 Å². The molecule has 2 heterocycles. The van der Waals surface area contributed by atoms with E-state index < -0.39 is 5.25 Å². The van der Waals surface area contributed by atoms with Crippen LogP contribution in [0.5, 0.6) is 0 Å². The maximum Gasteiger partial charge on any atom is 0.319 e. The van der Waals surface area contributed by atoms with Gasteiger partial charge in [0.25, 0.3) is 5.56 Å². The van der Waals surface area contributed by atoms with Gasteiger partial charge in [-0.05, 0) is 44.6 Å². The summed E-state index contributed by atoms with van der Waals surface area (Å²) in [6.45, 7) is 4.15. The van der Waals surface area contributed by atoms with Crippen LogP contribution in [0.3, 0.4) is 0 Å². The molecule has 0 fully saturated rings. The zero-order chi connectivity index (χ0) is 16.4. The fourth-order valence-corrected chi connectivity index (χ4v) is 4.85. The predicted molar refractivity (Wildman–Crippen MR) is 93.5 cm³/mol. The normalized spacial score (nSPS) is 15.4. The second-order valence-electron chi connectivity index (χ2n) is 5.69. The molecule has 2 aromatic rings. The van der Waals surface area contributed by atoms with E-state index in [4.69, 9.17) is 4.74 Å². The Morgan fingerprint density at radius 1 is 1.43 bits per heavy atom. The molecule has 7 heteroatoms. The lowest BCUT2D eigenvalue weighted by Crippen LogP contribution is -2.19. The Bertz CT molecular complexity index is 781. The highest BCUT2D eigenvalue weighted by atomic mass is 32.2. The van der Waals surface area contributed by atoms with Gasteiger partial charge < -0.3 is 9.72 Å². The topological polar surface area (TPSA) is 72.0 Å². The van der Waals surface area contributed by atoms with E-state index in [0.29, 0.717) is 11.8 Å². The lowest BCUT2D eigenvalue weighted by Gasteiger charge is -2.10. The van der Waals surface area contributed by atoms with Crippen molar-refractivity contribution in [3.8, 4) is 0 Å². The number of esters is 1. The van der Waals surface area contributed by atoms with Crippen molar-refractivity contribution in [3.63, 3.8) is 0 Å². The van der Waals surface area contributed by atoms with Gasteiger partial charge in [0, 0.05) is 4.88 Å². The highest BCUT2D eigenvalue weighted by Gasteiger charge is 2.22. The van der Waals surface area contributed by atoms with Gasteiger partial charge in [-0.1, -0.05) is 18.7 Å². The smallest absolute Gasteiger partial charge is 0.319 e. The third-order valence-corrected chi connectivity index (χ3v) is 6.02. The lowest BCUT2D eigenvalue weighted by atomic mass is 9.97. The van der Waals surface area contributed by atoms with E-state index in [1.807, 2.05) is 6.92 Å². The summed E-state index contributed by atoms with van der Waals surface area (Å²) < 4.78 is 5.13. The molecule has 0 aliphatic heterocycles. The molecule has 0 aromatic carbocycles. The number of hydrogen-bond acceptors (Lipinski definition) is 6. The first-order valence-electron chi connectivity index (χ1n) is 7.98. The molecule has 0 unspecified atom stereocenters. The average Bonchev–Trinajstić information content (AvgIpc) is 2.91. The summed E-state index contributed by atoms with van der Waals surface area (Å²) in [6.07, 6.45) is 5.12. The van der Waals surface area contributed by atoms with Crippen LogP contribution in [0.25, 0.3) is 10.2 Å². The Hall–Kier alpha value is -1.34. The number of aromatic nitrogens is 2. The molecule has 3 rings (SSSR count). The van der Waals surface area contributed by atoms with E-state index in [0.717, 1.165) is 35.9 Å². The summed E-state index contributed by atoms with van der Waals surface area (Å²) in [4.78, 5) is 33.8. The van der Waals surface area contributed by atoms with Crippen molar-refractivity contribution < 1.29 is 9.53 Å². The molecule has 124 valence electrons. The number of aromatic amines is 1. The SMILES string of the molecule is CCCOC(=O)[C@H](C)Sc1nc2sc3c(c2c(=O)[nH]1)CCCC3. The minimum Gasteiger partial charge on any atom is -0.465 e. The molecule has 0 amide bonds. The van der Waals surface area contributed by atoms with Gasteiger partial charge in [0.05, 0.1) is 12.0 Å². The molecule has 0 bridgehead atoms. The van der Waals surface area contributed by atoms with Crippen molar-refractivity contribution in [2.45, 2.75) is 56.4 Å². The number of H-pyrrole nitrogens is 1. The van der Waals surface area contributed by atoms with Gasteiger partial charge in [-0.2, -0.15) is 0 Å². The van der Waals surface area contributed by atoms with Crippen LogP contribution in [0.1, 0.15) is 43.6 Å². The number of nitrogens with zero attached hydrogens (tertiary/aromatic N) is 1. The highest BCUT2D eigenvalue weighted by Crippen LogP contribution is 2.34. The minimum absolute atomic E-state index is 0.0916. The zero-order valence-electron chi connectivity index (χ0n) is 13.3. The van der Waals surface area contributed by atoms with Crippen LogP contribution < -0.4 is 5.56 Å². The van der Waals surface area contributed by atoms with Gasteiger partial charge >= 0.3 is 5.97 Å². The summed E-state index contributed by atoms with van der Waals surface area (Å²) in [5.41, 5.74) is 1.09. The number of nitrogens with one attached hydrogen (secondary N) is 1. The first-order valence-corrected chi connectivity index (χ1v) is 9.67.